The van der Waals surface area contributed by atoms with Crippen molar-refractivity contribution in [3.05, 3.63) is 24.0 Å². The molecular weight excluding hydrogens is 307 g/mol. The second-order valence-corrected chi connectivity index (χ2v) is 8.28. The van der Waals surface area contributed by atoms with Gasteiger partial charge in [-0.05, 0) is 31.5 Å². The molecule has 0 radical (unpaired) electrons. The zero-order valence-corrected chi connectivity index (χ0v) is 12.8. The van der Waals surface area contributed by atoms with Crippen LogP contribution in [0.3, 0.4) is 0 Å². The van der Waals surface area contributed by atoms with Gasteiger partial charge >= 0.3 is 0 Å². The van der Waals surface area contributed by atoms with Crippen LogP contribution >= 0.6 is 0 Å². The Morgan fingerprint density at radius 2 is 1.90 bits per heavy atom. The van der Waals surface area contributed by atoms with Gasteiger partial charge in [-0.1, -0.05) is 0 Å². The molecule has 0 fully saturated rings. The van der Waals surface area contributed by atoms with Crippen molar-refractivity contribution in [3.8, 4) is 0 Å². The van der Waals surface area contributed by atoms with Crippen molar-refractivity contribution in [2.24, 2.45) is 5.73 Å². The van der Waals surface area contributed by atoms with Crippen molar-refractivity contribution < 1.29 is 21.2 Å². The van der Waals surface area contributed by atoms with Crippen molar-refractivity contribution in [1.82, 2.24) is 4.72 Å². The van der Waals surface area contributed by atoms with E-state index in [1.807, 2.05) is 0 Å². The quantitative estimate of drug-likeness (QED) is 0.729. The van der Waals surface area contributed by atoms with Crippen molar-refractivity contribution in [2.45, 2.75) is 29.2 Å². The number of hydrogen-bond acceptors (Lipinski definition) is 5. The van der Waals surface area contributed by atoms with E-state index in [1.54, 1.807) is 6.92 Å². The maximum atomic E-state index is 13.6. The highest BCUT2D eigenvalue weighted by Gasteiger charge is 2.21. The summed E-state index contributed by atoms with van der Waals surface area (Å²) in [6.45, 7) is 1.75. The lowest BCUT2D eigenvalue weighted by Crippen LogP contribution is -2.29. The van der Waals surface area contributed by atoms with Gasteiger partial charge in [0, 0.05) is 18.8 Å². The summed E-state index contributed by atoms with van der Waals surface area (Å²) >= 11 is 0. The van der Waals surface area contributed by atoms with Crippen LogP contribution in [0.4, 0.5) is 4.39 Å². The summed E-state index contributed by atoms with van der Waals surface area (Å²) in [4.78, 5) is -0.948. The van der Waals surface area contributed by atoms with E-state index in [4.69, 9.17) is 5.73 Å². The van der Waals surface area contributed by atoms with E-state index in [-0.39, 0.29) is 17.5 Å². The zero-order chi connectivity index (χ0) is 15.6. The Morgan fingerprint density at radius 3 is 2.40 bits per heavy atom. The molecule has 1 rings (SSSR count). The fourth-order valence-corrected chi connectivity index (χ4v) is 3.29. The van der Waals surface area contributed by atoms with Gasteiger partial charge in [-0.2, -0.15) is 0 Å². The molecule has 1 atom stereocenters. The number of hydrogen-bond donors (Lipinski definition) is 2. The van der Waals surface area contributed by atoms with E-state index < -0.39 is 30.6 Å². The first-order valence-electron chi connectivity index (χ1n) is 5.79. The molecule has 0 aliphatic rings. The lowest BCUT2D eigenvalue weighted by Gasteiger charge is -2.10. The molecule has 0 aliphatic heterocycles. The Kier molecular flexibility index (Phi) is 5.25. The second kappa shape index (κ2) is 6.17. The van der Waals surface area contributed by atoms with Crippen molar-refractivity contribution in [1.29, 1.82) is 0 Å². The third-order valence-electron chi connectivity index (χ3n) is 2.51. The Labute approximate surface area is 118 Å². The van der Waals surface area contributed by atoms with E-state index in [1.165, 1.54) is 0 Å². The number of nitrogens with two attached hydrogens (primary N) is 1. The lowest BCUT2D eigenvalue weighted by molar-refractivity contribution is 0.550. The first-order chi connectivity index (χ1) is 9.04. The number of sulfonamides is 1. The number of halogens is 1. The molecule has 1 unspecified atom stereocenters. The fourth-order valence-electron chi connectivity index (χ4n) is 1.42. The molecule has 0 aliphatic carbocycles. The maximum absolute atomic E-state index is 13.6. The minimum atomic E-state index is -4.11. The SMILES string of the molecule is CC(N)CCNS(=O)(=O)c1cc(S(C)(=O)=O)ccc1F. The smallest absolute Gasteiger partial charge is 0.243 e. The van der Waals surface area contributed by atoms with Gasteiger partial charge in [0.05, 0.1) is 4.90 Å². The largest absolute Gasteiger partial charge is 0.328 e. The van der Waals surface area contributed by atoms with Crippen LogP contribution in [0.25, 0.3) is 0 Å². The highest BCUT2D eigenvalue weighted by atomic mass is 32.2. The first kappa shape index (κ1) is 17.0. The van der Waals surface area contributed by atoms with Crippen LogP contribution in [0.1, 0.15) is 13.3 Å². The van der Waals surface area contributed by atoms with Gasteiger partial charge in [0.25, 0.3) is 0 Å². The predicted molar refractivity (Wildman–Crippen MR) is 73.0 cm³/mol. The number of nitrogens with one attached hydrogen (secondary N) is 1. The predicted octanol–water partition coefficient (Wildman–Crippen LogP) is 0.245. The Morgan fingerprint density at radius 1 is 1.30 bits per heavy atom. The van der Waals surface area contributed by atoms with E-state index in [0.717, 1.165) is 24.5 Å². The summed E-state index contributed by atoms with van der Waals surface area (Å²) < 4.78 is 62.4. The van der Waals surface area contributed by atoms with Gasteiger partial charge in [0.1, 0.15) is 10.7 Å². The van der Waals surface area contributed by atoms with Crippen LogP contribution in [-0.2, 0) is 19.9 Å². The van der Waals surface area contributed by atoms with E-state index in [2.05, 4.69) is 4.72 Å². The standard InChI is InChI=1S/C11H17FN2O4S2/c1-8(13)5-6-14-20(17,18)11-7-9(19(2,15)16)3-4-10(11)12/h3-4,7-8,14H,5-6,13H2,1-2H3. The van der Waals surface area contributed by atoms with Crippen LogP contribution in [-0.4, -0.2) is 35.7 Å². The van der Waals surface area contributed by atoms with Crippen LogP contribution in [0.15, 0.2) is 28.0 Å². The summed E-state index contributed by atoms with van der Waals surface area (Å²) in [6, 6.07) is 2.44. The fraction of sp³-hybridized carbons (Fsp3) is 0.455. The second-order valence-electron chi connectivity index (χ2n) is 4.53. The highest BCUT2D eigenvalue weighted by molar-refractivity contribution is 7.91. The molecule has 0 bridgehead atoms. The van der Waals surface area contributed by atoms with Gasteiger partial charge in [0.2, 0.25) is 10.0 Å². The van der Waals surface area contributed by atoms with Crippen LogP contribution < -0.4 is 10.5 Å². The zero-order valence-electron chi connectivity index (χ0n) is 11.1. The molecule has 20 heavy (non-hydrogen) atoms. The number of rotatable bonds is 6. The molecule has 0 spiro atoms. The van der Waals surface area contributed by atoms with Crippen molar-refractivity contribution in [3.63, 3.8) is 0 Å². The molecule has 114 valence electrons. The van der Waals surface area contributed by atoms with E-state index >= 15 is 0 Å². The van der Waals surface area contributed by atoms with E-state index in [0.29, 0.717) is 6.42 Å². The van der Waals surface area contributed by atoms with Gasteiger partial charge < -0.3 is 5.73 Å². The molecule has 1 aromatic carbocycles. The van der Waals surface area contributed by atoms with Crippen LogP contribution in [0.2, 0.25) is 0 Å². The molecular formula is C11H17FN2O4S2. The van der Waals surface area contributed by atoms with Crippen LogP contribution in [0.5, 0.6) is 0 Å². The summed E-state index contributed by atoms with van der Waals surface area (Å²) in [6.07, 6.45) is 1.30. The molecule has 9 heteroatoms. The topological polar surface area (TPSA) is 106 Å². The summed E-state index contributed by atoms with van der Waals surface area (Å²) in [5.74, 6) is -1.01. The third-order valence-corrected chi connectivity index (χ3v) is 5.10. The Balaban J connectivity index is 3.12. The lowest BCUT2D eigenvalue weighted by atomic mass is 10.3. The Hall–Kier alpha value is -1.03. The van der Waals surface area contributed by atoms with Gasteiger partial charge in [-0.15, -0.1) is 0 Å². The first-order valence-corrected chi connectivity index (χ1v) is 9.16. The Bertz CT molecular complexity index is 684. The van der Waals surface area contributed by atoms with Gasteiger partial charge in [0.15, 0.2) is 9.84 Å². The summed E-state index contributed by atoms with van der Waals surface area (Å²) in [5, 5.41) is 0. The monoisotopic (exact) mass is 324 g/mol. The molecule has 0 heterocycles. The van der Waals surface area contributed by atoms with Gasteiger partial charge in [-0.25, -0.2) is 25.9 Å². The van der Waals surface area contributed by atoms with E-state index in [9.17, 15) is 21.2 Å². The average molecular weight is 324 g/mol. The molecule has 1 aromatic rings. The number of benzene rings is 1. The summed E-state index contributed by atoms with van der Waals surface area (Å²) in [7, 11) is -7.73. The minimum absolute atomic E-state index is 0.0442. The molecule has 6 nitrogen and oxygen atoms in total. The number of sulfone groups is 1. The average Bonchev–Trinajstić information content (AvgIpc) is 2.26. The molecule has 0 amide bonds. The minimum Gasteiger partial charge on any atom is -0.328 e. The van der Waals surface area contributed by atoms with Gasteiger partial charge in [-0.3, -0.25) is 0 Å². The third kappa shape index (κ3) is 4.51. The summed E-state index contributed by atoms with van der Waals surface area (Å²) in [5.41, 5.74) is 5.48. The molecule has 0 saturated carbocycles. The highest BCUT2D eigenvalue weighted by Crippen LogP contribution is 2.19. The maximum Gasteiger partial charge on any atom is 0.243 e. The molecule has 3 N–H and O–H groups in total. The normalized spacial score (nSPS) is 14.2. The molecule has 0 saturated heterocycles. The van der Waals surface area contributed by atoms with Crippen molar-refractivity contribution in [2.75, 3.05) is 12.8 Å². The molecule has 0 aromatic heterocycles. The van der Waals surface area contributed by atoms with Crippen LogP contribution in [0, 0.1) is 5.82 Å². The van der Waals surface area contributed by atoms with Crippen molar-refractivity contribution >= 4 is 19.9 Å².